The molecule has 190 valence electrons. The normalized spacial score (nSPS) is 24.9. The number of aromatic hydroxyl groups is 1. The van der Waals surface area contributed by atoms with Gasteiger partial charge in [0, 0.05) is 34.5 Å². The van der Waals surface area contributed by atoms with Crippen LogP contribution in [-0.4, -0.2) is 56.2 Å². The molecule has 34 heavy (non-hydrogen) atoms. The number of benzene rings is 1. The summed E-state index contributed by atoms with van der Waals surface area (Å²) in [5, 5.41) is 11.2. The van der Waals surface area contributed by atoms with E-state index in [1.54, 1.807) is 6.07 Å². The predicted octanol–water partition coefficient (Wildman–Crippen LogP) is 6.35. The molecule has 0 bridgehead atoms. The monoisotopic (exact) mass is 526 g/mol. The zero-order valence-corrected chi connectivity index (χ0v) is 23.2. The van der Waals surface area contributed by atoms with E-state index >= 15 is 0 Å². The van der Waals surface area contributed by atoms with Gasteiger partial charge in [-0.05, 0) is 64.5 Å². The predicted molar refractivity (Wildman–Crippen MR) is 145 cm³/mol. The number of hydrogen-bond donors (Lipinski definition) is 1. The van der Waals surface area contributed by atoms with E-state index in [2.05, 4.69) is 37.4 Å². The van der Waals surface area contributed by atoms with Crippen LogP contribution in [0.4, 0.5) is 0 Å². The maximum Gasteiger partial charge on any atom is 0.306 e. The van der Waals surface area contributed by atoms with Crippen molar-refractivity contribution >= 4 is 47.0 Å². The van der Waals surface area contributed by atoms with Crippen LogP contribution >= 0.6 is 35.3 Å². The zero-order valence-electron chi connectivity index (χ0n) is 20.8. The quantitative estimate of drug-likeness (QED) is 0.250. The summed E-state index contributed by atoms with van der Waals surface area (Å²) in [6.45, 7) is 7.92. The van der Waals surface area contributed by atoms with Gasteiger partial charge < -0.3 is 14.6 Å². The number of Topliss-reactive ketones (excluding diaryl/α,β-unsaturated/α-hetero) is 1. The SMILES string of the molecule is CCCc1c(OC(C)CSCC2CSC3(CCC(CC(=O)OCC)C3)S2)ccc(C(C)=O)c1O. The van der Waals surface area contributed by atoms with E-state index in [1.165, 1.54) is 19.1 Å². The minimum Gasteiger partial charge on any atom is -0.507 e. The van der Waals surface area contributed by atoms with Gasteiger partial charge >= 0.3 is 5.97 Å². The topological polar surface area (TPSA) is 72.8 Å². The van der Waals surface area contributed by atoms with Crippen LogP contribution in [0.5, 0.6) is 11.5 Å². The highest BCUT2D eigenvalue weighted by Gasteiger charge is 2.46. The largest absolute Gasteiger partial charge is 0.507 e. The summed E-state index contributed by atoms with van der Waals surface area (Å²) in [5.74, 6) is 4.15. The number of hydrogen-bond acceptors (Lipinski definition) is 8. The van der Waals surface area contributed by atoms with Crippen molar-refractivity contribution in [2.75, 3.05) is 23.9 Å². The van der Waals surface area contributed by atoms with Gasteiger partial charge in [0.1, 0.15) is 17.6 Å². The van der Waals surface area contributed by atoms with Crippen molar-refractivity contribution in [2.45, 2.75) is 81.7 Å². The van der Waals surface area contributed by atoms with Gasteiger partial charge in [-0.25, -0.2) is 0 Å². The van der Waals surface area contributed by atoms with Crippen LogP contribution in [0.25, 0.3) is 0 Å². The van der Waals surface area contributed by atoms with E-state index < -0.39 is 0 Å². The Morgan fingerprint density at radius 1 is 1.32 bits per heavy atom. The fourth-order valence-corrected chi connectivity index (χ4v) is 10.1. The summed E-state index contributed by atoms with van der Waals surface area (Å²) < 4.78 is 11.6. The molecule has 1 heterocycles. The number of thioether (sulfide) groups is 3. The summed E-state index contributed by atoms with van der Waals surface area (Å²) in [6, 6.07) is 3.48. The van der Waals surface area contributed by atoms with E-state index in [0.717, 1.165) is 36.3 Å². The Labute approximate surface area is 216 Å². The van der Waals surface area contributed by atoms with Crippen molar-refractivity contribution < 1.29 is 24.2 Å². The van der Waals surface area contributed by atoms with Crippen LogP contribution < -0.4 is 4.74 Å². The van der Waals surface area contributed by atoms with Crippen LogP contribution in [0, 0.1) is 5.92 Å². The second-order valence-corrected chi connectivity index (χ2v) is 13.7. The van der Waals surface area contributed by atoms with Crippen molar-refractivity contribution in [2.24, 2.45) is 5.92 Å². The summed E-state index contributed by atoms with van der Waals surface area (Å²) >= 11 is 6.13. The highest BCUT2D eigenvalue weighted by Crippen LogP contribution is 2.59. The molecule has 3 rings (SSSR count). The lowest BCUT2D eigenvalue weighted by atomic mass is 10.0. The molecule has 1 saturated carbocycles. The molecule has 1 N–H and O–H groups in total. The Balaban J connectivity index is 1.45. The molecule has 4 unspecified atom stereocenters. The number of ketones is 1. The van der Waals surface area contributed by atoms with Crippen molar-refractivity contribution in [3.63, 3.8) is 0 Å². The van der Waals surface area contributed by atoms with Crippen molar-refractivity contribution in [3.8, 4) is 11.5 Å². The minimum atomic E-state index is -0.135. The highest BCUT2D eigenvalue weighted by atomic mass is 32.2. The minimum absolute atomic E-state index is 0.0108. The maximum absolute atomic E-state index is 11.8. The van der Waals surface area contributed by atoms with E-state index in [4.69, 9.17) is 9.47 Å². The van der Waals surface area contributed by atoms with Gasteiger partial charge in [0.15, 0.2) is 5.78 Å². The second kappa shape index (κ2) is 12.8. The molecular formula is C26H38O5S3. The Hall–Kier alpha value is -0.990. The number of carbonyl (C=O) groups excluding carboxylic acids is 2. The van der Waals surface area contributed by atoms with Crippen LogP contribution in [0.1, 0.15) is 75.7 Å². The number of ether oxygens (including phenoxy) is 2. The fourth-order valence-electron chi connectivity index (χ4n) is 4.75. The van der Waals surface area contributed by atoms with Crippen LogP contribution in [0.3, 0.4) is 0 Å². The third kappa shape index (κ3) is 7.26. The van der Waals surface area contributed by atoms with Gasteiger partial charge in [-0.2, -0.15) is 11.8 Å². The van der Waals surface area contributed by atoms with Gasteiger partial charge in [-0.15, -0.1) is 23.5 Å². The zero-order chi connectivity index (χ0) is 24.7. The van der Waals surface area contributed by atoms with Crippen molar-refractivity contribution in [3.05, 3.63) is 23.3 Å². The fraction of sp³-hybridized carbons (Fsp3) is 0.692. The molecule has 2 aliphatic rings. The smallest absolute Gasteiger partial charge is 0.306 e. The van der Waals surface area contributed by atoms with E-state index in [1.807, 2.05) is 24.8 Å². The van der Waals surface area contributed by atoms with Crippen LogP contribution in [0.2, 0.25) is 0 Å². The molecule has 8 heteroatoms. The molecule has 0 amide bonds. The molecule has 1 aliphatic carbocycles. The lowest BCUT2D eigenvalue weighted by Gasteiger charge is -2.22. The summed E-state index contributed by atoms with van der Waals surface area (Å²) in [7, 11) is 0. The summed E-state index contributed by atoms with van der Waals surface area (Å²) in [4.78, 5) is 23.6. The number of phenols is 1. The number of rotatable bonds is 12. The average molecular weight is 527 g/mol. The number of esters is 1. The number of phenolic OH excluding ortho intramolecular Hbond substituents is 1. The van der Waals surface area contributed by atoms with Gasteiger partial charge in [-0.1, -0.05) is 13.3 Å². The molecule has 5 nitrogen and oxygen atoms in total. The first-order chi connectivity index (χ1) is 16.3. The molecule has 0 aromatic heterocycles. The third-order valence-corrected chi connectivity index (χ3v) is 11.7. The molecule has 1 aromatic rings. The first-order valence-corrected chi connectivity index (χ1v) is 15.4. The van der Waals surface area contributed by atoms with E-state index in [0.29, 0.717) is 41.9 Å². The third-order valence-electron chi connectivity index (χ3n) is 6.31. The van der Waals surface area contributed by atoms with Crippen molar-refractivity contribution in [1.82, 2.24) is 0 Å². The molecule has 0 radical (unpaired) electrons. The Morgan fingerprint density at radius 2 is 2.12 bits per heavy atom. The first-order valence-electron chi connectivity index (χ1n) is 12.3. The molecule has 1 spiro atoms. The van der Waals surface area contributed by atoms with Gasteiger partial charge in [0.25, 0.3) is 0 Å². The standard InChI is InChI=1S/C26H38O5S3/c1-5-7-22-23(9-8-21(18(4)27)25(22)29)31-17(3)14-32-15-20-16-33-26(34-20)11-10-19(13-26)12-24(28)30-6-2/h8-9,17,19-20,29H,5-7,10-16H2,1-4H3. The molecule has 1 saturated heterocycles. The maximum atomic E-state index is 11.8. The van der Waals surface area contributed by atoms with Gasteiger partial charge in [-0.3, -0.25) is 9.59 Å². The molecule has 1 aromatic carbocycles. The molecule has 4 atom stereocenters. The molecule has 1 aliphatic heterocycles. The highest BCUT2D eigenvalue weighted by molar-refractivity contribution is 8.22. The van der Waals surface area contributed by atoms with Crippen molar-refractivity contribution in [1.29, 1.82) is 0 Å². The number of carbonyl (C=O) groups is 2. The molecule has 2 fully saturated rings. The lowest BCUT2D eigenvalue weighted by molar-refractivity contribution is -0.144. The summed E-state index contributed by atoms with van der Waals surface area (Å²) in [5.41, 5.74) is 1.09. The Morgan fingerprint density at radius 3 is 2.82 bits per heavy atom. The van der Waals surface area contributed by atoms with Crippen LogP contribution in [-0.2, 0) is 16.0 Å². The second-order valence-electron chi connectivity index (χ2n) is 9.29. The Bertz CT molecular complexity index is 861. The van der Waals surface area contributed by atoms with Gasteiger partial charge in [0.05, 0.1) is 16.2 Å². The van der Waals surface area contributed by atoms with Crippen LogP contribution in [0.15, 0.2) is 12.1 Å². The van der Waals surface area contributed by atoms with Gasteiger partial charge in [0.2, 0.25) is 0 Å². The average Bonchev–Trinajstić information content (AvgIpc) is 3.36. The molecular weight excluding hydrogens is 488 g/mol. The first kappa shape index (κ1) is 27.6. The Kier molecular flexibility index (Phi) is 10.4. The summed E-state index contributed by atoms with van der Waals surface area (Å²) in [6.07, 6.45) is 5.54. The lowest BCUT2D eigenvalue weighted by Crippen LogP contribution is -2.18. The van der Waals surface area contributed by atoms with E-state index in [-0.39, 0.29) is 27.7 Å². The van der Waals surface area contributed by atoms with E-state index in [9.17, 15) is 14.7 Å².